The maximum atomic E-state index is 11.9. The Morgan fingerprint density at radius 2 is 2.20 bits per heavy atom. The fraction of sp³-hybridized carbons (Fsp3) is 0.533. The van der Waals surface area contributed by atoms with Crippen LogP contribution in [-0.2, 0) is 4.79 Å². The van der Waals surface area contributed by atoms with E-state index in [2.05, 4.69) is 24.5 Å². The predicted molar refractivity (Wildman–Crippen MR) is 89.9 cm³/mol. The van der Waals surface area contributed by atoms with Crippen molar-refractivity contribution in [2.75, 3.05) is 23.4 Å². The average Bonchev–Trinajstić information content (AvgIpc) is 2.41. The molecule has 0 aliphatic rings. The first-order valence-electron chi connectivity index (χ1n) is 6.90. The number of anilines is 1. The summed E-state index contributed by atoms with van der Waals surface area (Å²) in [5.74, 6) is 2.23. The Balaban J connectivity index is 2.34. The van der Waals surface area contributed by atoms with Crippen molar-refractivity contribution in [1.29, 1.82) is 0 Å². The van der Waals surface area contributed by atoms with Crippen molar-refractivity contribution in [2.24, 2.45) is 0 Å². The highest BCUT2D eigenvalue weighted by atomic mass is 35.5. The molecule has 0 spiro atoms. The van der Waals surface area contributed by atoms with Crippen molar-refractivity contribution >= 4 is 35.0 Å². The summed E-state index contributed by atoms with van der Waals surface area (Å²) in [6, 6.07) is 5.84. The molecule has 1 rings (SSSR count). The Labute approximate surface area is 130 Å². The van der Waals surface area contributed by atoms with Crippen molar-refractivity contribution in [3.8, 4) is 0 Å². The minimum atomic E-state index is -0.0367. The predicted octanol–water partition coefficient (Wildman–Crippen LogP) is 3.71. The van der Waals surface area contributed by atoms with E-state index in [1.165, 1.54) is 0 Å². The lowest BCUT2D eigenvalue weighted by molar-refractivity contribution is -0.115. The summed E-state index contributed by atoms with van der Waals surface area (Å²) in [5.41, 5.74) is 1.79. The highest BCUT2D eigenvalue weighted by Crippen LogP contribution is 2.19. The summed E-state index contributed by atoms with van der Waals surface area (Å²) >= 11 is 7.85. The standard InChI is InChI=1S/C15H23ClN2OS/c1-4-20-8-7-12(3)17-10-15(19)18-14-9-13(16)6-5-11(14)2/h5-6,9,12,17H,4,7-8,10H2,1-3H3,(H,18,19). The van der Waals surface area contributed by atoms with E-state index in [1.807, 2.05) is 30.8 Å². The van der Waals surface area contributed by atoms with Gasteiger partial charge in [-0.25, -0.2) is 0 Å². The van der Waals surface area contributed by atoms with Gasteiger partial charge in [-0.3, -0.25) is 4.79 Å². The van der Waals surface area contributed by atoms with Gasteiger partial charge in [-0.05, 0) is 49.5 Å². The number of amides is 1. The van der Waals surface area contributed by atoms with Gasteiger partial charge in [0.1, 0.15) is 0 Å². The van der Waals surface area contributed by atoms with E-state index >= 15 is 0 Å². The molecule has 0 aliphatic carbocycles. The van der Waals surface area contributed by atoms with E-state index in [9.17, 15) is 4.79 Å². The fourth-order valence-corrected chi connectivity index (χ4v) is 2.68. The van der Waals surface area contributed by atoms with Gasteiger partial charge >= 0.3 is 0 Å². The molecule has 0 bridgehead atoms. The SMILES string of the molecule is CCSCCC(C)NCC(=O)Nc1cc(Cl)ccc1C. The minimum absolute atomic E-state index is 0.0367. The number of nitrogens with one attached hydrogen (secondary N) is 2. The van der Waals surface area contributed by atoms with Crippen LogP contribution in [0.5, 0.6) is 0 Å². The Bertz CT molecular complexity index is 440. The molecule has 0 aromatic heterocycles. The average molecular weight is 315 g/mol. The Kier molecular flexibility index (Phi) is 8.04. The maximum absolute atomic E-state index is 11.9. The van der Waals surface area contributed by atoms with Crippen LogP contribution in [0.4, 0.5) is 5.69 Å². The zero-order chi connectivity index (χ0) is 15.0. The lowest BCUT2D eigenvalue weighted by Crippen LogP contribution is -2.34. The molecular weight excluding hydrogens is 292 g/mol. The summed E-state index contributed by atoms with van der Waals surface area (Å²) in [5, 5.41) is 6.75. The molecule has 2 N–H and O–H groups in total. The van der Waals surface area contributed by atoms with Crippen molar-refractivity contribution < 1.29 is 4.79 Å². The van der Waals surface area contributed by atoms with E-state index in [0.717, 1.165) is 29.2 Å². The van der Waals surface area contributed by atoms with Crippen LogP contribution in [0.15, 0.2) is 18.2 Å². The van der Waals surface area contributed by atoms with Gasteiger partial charge in [0.25, 0.3) is 0 Å². The van der Waals surface area contributed by atoms with Crippen LogP contribution in [0.1, 0.15) is 25.8 Å². The van der Waals surface area contributed by atoms with Gasteiger partial charge in [-0.2, -0.15) is 11.8 Å². The Hall–Kier alpha value is -0.710. The first kappa shape index (κ1) is 17.3. The molecule has 0 saturated heterocycles. The van der Waals surface area contributed by atoms with E-state index in [-0.39, 0.29) is 5.91 Å². The molecule has 1 unspecified atom stereocenters. The number of thioether (sulfide) groups is 1. The van der Waals surface area contributed by atoms with Gasteiger partial charge in [-0.15, -0.1) is 0 Å². The third-order valence-corrected chi connectivity index (χ3v) is 4.15. The normalized spacial score (nSPS) is 12.2. The van der Waals surface area contributed by atoms with Gasteiger partial charge < -0.3 is 10.6 Å². The fourth-order valence-electron chi connectivity index (χ4n) is 1.70. The second-order valence-corrected chi connectivity index (χ2v) is 6.61. The Morgan fingerprint density at radius 3 is 2.90 bits per heavy atom. The molecular formula is C15H23ClN2OS. The van der Waals surface area contributed by atoms with Crippen LogP contribution in [0, 0.1) is 6.92 Å². The number of carbonyl (C=O) groups excluding carboxylic acids is 1. The number of aryl methyl sites for hydroxylation is 1. The summed E-state index contributed by atoms with van der Waals surface area (Å²) < 4.78 is 0. The molecule has 1 amide bonds. The van der Waals surface area contributed by atoms with Crippen LogP contribution < -0.4 is 10.6 Å². The van der Waals surface area contributed by atoms with Crippen molar-refractivity contribution in [3.05, 3.63) is 28.8 Å². The second-order valence-electron chi connectivity index (χ2n) is 4.77. The molecule has 0 aliphatic heterocycles. The topological polar surface area (TPSA) is 41.1 Å². The number of rotatable bonds is 8. The smallest absolute Gasteiger partial charge is 0.238 e. The molecule has 112 valence electrons. The van der Waals surface area contributed by atoms with E-state index in [4.69, 9.17) is 11.6 Å². The zero-order valence-corrected chi connectivity index (χ0v) is 13.9. The number of benzene rings is 1. The quantitative estimate of drug-likeness (QED) is 0.719. The molecule has 3 nitrogen and oxygen atoms in total. The van der Waals surface area contributed by atoms with Crippen molar-refractivity contribution in [2.45, 2.75) is 33.2 Å². The number of hydrogen-bond donors (Lipinski definition) is 2. The maximum Gasteiger partial charge on any atom is 0.238 e. The third kappa shape index (κ3) is 6.64. The van der Waals surface area contributed by atoms with Crippen LogP contribution >= 0.6 is 23.4 Å². The molecule has 1 aromatic carbocycles. The first-order chi connectivity index (χ1) is 9.52. The molecule has 1 aromatic rings. The lowest BCUT2D eigenvalue weighted by Gasteiger charge is -2.14. The largest absolute Gasteiger partial charge is 0.325 e. The molecule has 0 radical (unpaired) electrons. The van der Waals surface area contributed by atoms with Gasteiger partial charge in [0.15, 0.2) is 0 Å². The van der Waals surface area contributed by atoms with Gasteiger partial charge in [0.2, 0.25) is 5.91 Å². The number of hydrogen-bond acceptors (Lipinski definition) is 3. The highest BCUT2D eigenvalue weighted by molar-refractivity contribution is 7.99. The van der Waals surface area contributed by atoms with Gasteiger partial charge in [0, 0.05) is 16.8 Å². The van der Waals surface area contributed by atoms with Crippen LogP contribution in [-0.4, -0.2) is 30.0 Å². The molecule has 20 heavy (non-hydrogen) atoms. The Morgan fingerprint density at radius 1 is 1.45 bits per heavy atom. The van der Waals surface area contributed by atoms with E-state index in [0.29, 0.717) is 17.6 Å². The van der Waals surface area contributed by atoms with Crippen LogP contribution in [0.3, 0.4) is 0 Å². The lowest BCUT2D eigenvalue weighted by atomic mass is 10.2. The monoisotopic (exact) mass is 314 g/mol. The summed E-state index contributed by atoms with van der Waals surface area (Å²) in [6.45, 7) is 6.53. The summed E-state index contributed by atoms with van der Waals surface area (Å²) in [4.78, 5) is 11.9. The van der Waals surface area contributed by atoms with Crippen molar-refractivity contribution in [3.63, 3.8) is 0 Å². The van der Waals surface area contributed by atoms with E-state index in [1.54, 1.807) is 6.07 Å². The zero-order valence-electron chi connectivity index (χ0n) is 12.3. The molecule has 5 heteroatoms. The molecule has 1 atom stereocenters. The summed E-state index contributed by atoms with van der Waals surface area (Å²) in [7, 11) is 0. The van der Waals surface area contributed by atoms with Gasteiger partial charge in [-0.1, -0.05) is 24.6 Å². The number of halogens is 1. The van der Waals surface area contributed by atoms with Crippen LogP contribution in [0.25, 0.3) is 0 Å². The highest BCUT2D eigenvalue weighted by Gasteiger charge is 2.07. The second kappa shape index (κ2) is 9.27. The molecule has 0 heterocycles. The summed E-state index contributed by atoms with van der Waals surface area (Å²) in [6.07, 6.45) is 1.07. The number of carbonyl (C=O) groups is 1. The molecule has 0 fully saturated rings. The molecule has 0 saturated carbocycles. The van der Waals surface area contributed by atoms with E-state index < -0.39 is 0 Å². The van der Waals surface area contributed by atoms with Gasteiger partial charge in [0.05, 0.1) is 6.54 Å². The minimum Gasteiger partial charge on any atom is -0.325 e. The third-order valence-electron chi connectivity index (χ3n) is 2.98. The van der Waals surface area contributed by atoms with Crippen molar-refractivity contribution in [1.82, 2.24) is 5.32 Å². The van der Waals surface area contributed by atoms with Crippen LogP contribution in [0.2, 0.25) is 5.02 Å². The first-order valence-corrected chi connectivity index (χ1v) is 8.43.